The highest BCUT2D eigenvalue weighted by Gasteiger charge is 2.33. The molecule has 2 aromatic rings. The molecular weight excluding hydrogens is 345 g/mol. The summed E-state index contributed by atoms with van der Waals surface area (Å²) >= 11 is 0. The van der Waals surface area contributed by atoms with Gasteiger partial charge in [-0.25, -0.2) is 0 Å². The van der Waals surface area contributed by atoms with E-state index >= 15 is 0 Å². The lowest BCUT2D eigenvalue weighted by Gasteiger charge is -2.16. The minimum atomic E-state index is -4.51. The molecule has 0 heterocycles. The molecule has 0 saturated carbocycles. The smallest absolute Gasteiger partial charge is 0.418 e. The summed E-state index contributed by atoms with van der Waals surface area (Å²) in [6, 6.07) is 12.2. The molecule has 2 aromatic carbocycles. The normalized spacial score (nSPS) is 12.5. The standard InChI is InChI=1S/C19H21F3N2O2/c1-13(23-12-14-6-5-7-15(11-14)26-2)10-18(25)24-17-9-4-3-8-16(17)19(20,21)22/h3-9,11,13,23H,10,12H2,1-2H3,(H,24,25). The molecule has 0 radical (unpaired) electrons. The van der Waals surface area contributed by atoms with Gasteiger partial charge >= 0.3 is 6.18 Å². The molecule has 0 saturated heterocycles. The number of hydrogen-bond acceptors (Lipinski definition) is 3. The molecule has 1 atom stereocenters. The summed E-state index contributed by atoms with van der Waals surface area (Å²) in [4.78, 5) is 12.1. The van der Waals surface area contributed by atoms with Gasteiger partial charge in [0.15, 0.2) is 0 Å². The number of methoxy groups -OCH3 is 1. The van der Waals surface area contributed by atoms with E-state index in [4.69, 9.17) is 4.74 Å². The largest absolute Gasteiger partial charge is 0.497 e. The second-order valence-corrected chi connectivity index (χ2v) is 5.93. The Balaban J connectivity index is 1.89. The van der Waals surface area contributed by atoms with Gasteiger partial charge in [0.05, 0.1) is 18.4 Å². The van der Waals surface area contributed by atoms with Crippen molar-refractivity contribution in [2.45, 2.75) is 32.1 Å². The second-order valence-electron chi connectivity index (χ2n) is 5.93. The summed E-state index contributed by atoms with van der Waals surface area (Å²) < 4.78 is 44.0. The first-order chi connectivity index (χ1) is 12.3. The number of ether oxygens (including phenoxy) is 1. The molecule has 1 unspecified atom stereocenters. The maximum Gasteiger partial charge on any atom is 0.418 e. The molecule has 0 spiro atoms. The fraction of sp³-hybridized carbons (Fsp3) is 0.316. The van der Waals surface area contributed by atoms with Crippen LogP contribution in [0.2, 0.25) is 0 Å². The topological polar surface area (TPSA) is 50.4 Å². The maximum atomic E-state index is 13.0. The van der Waals surface area contributed by atoms with Gasteiger partial charge in [-0.05, 0) is 36.8 Å². The number of carbonyl (C=O) groups excluding carboxylic acids is 1. The van der Waals surface area contributed by atoms with Crippen molar-refractivity contribution in [3.63, 3.8) is 0 Å². The highest BCUT2D eigenvalue weighted by Crippen LogP contribution is 2.34. The third-order valence-electron chi connectivity index (χ3n) is 3.79. The first-order valence-corrected chi connectivity index (χ1v) is 8.12. The third kappa shape index (κ3) is 5.77. The lowest BCUT2D eigenvalue weighted by molar-refractivity contribution is -0.137. The van der Waals surface area contributed by atoms with Gasteiger partial charge in [0, 0.05) is 19.0 Å². The zero-order chi connectivity index (χ0) is 19.2. The number of rotatable bonds is 7. The minimum Gasteiger partial charge on any atom is -0.497 e. The lowest BCUT2D eigenvalue weighted by Crippen LogP contribution is -2.30. The lowest BCUT2D eigenvalue weighted by atomic mass is 10.1. The van der Waals surface area contributed by atoms with Crippen molar-refractivity contribution in [1.82, 2.24) is 5.32 Å². The molecular formula is C19H21F3N2O2. The molecule has 0 bridgehead atoms. The summed E-state index contributed by atoms with van der Waals surface area (Å²) in [5.41, 5.74) is -0.102. The number of para-hydroxylation sites is 1. The quantitative estimate of drug-likeness (QED) is 0.771. The van der Waals surface area contributed by atoms with Crippen LogP contribution in [0.5, 0.6) is 5.75 Å². The fourth-order valence-electron chi connectivity index (χ4n) is 2.47. The predicted octanol–water partition coefficient (Wildman–Crippen LogP) is 4.22. The fourth-order valence-corrected chi connectivity index (χ4v) is 2.47. The van der Waals surface area contributed by atoms with Crippen LogP contribution in [-0.4, -0.2) is 19.1 Å². The zero-order valence-electron chi connectivity index (χ0n) is 14.6. The van der Waals surface area contributed by atoms with E-state index in [-0.39, 0.29) is 18.2 Å². The van der Waals surface area contributed by atoms with Crippen molar-refractivity contribution in [2.24, 2.45) is 0 Å². The van der Waals surface area contributed by atoms with Crippen molar-refractivity contribution >= 4 is 11.6 Å². The van der Waals surface area contributed by atoms with Crippen LogP contribution in [-0.2, 0) is 17.5 Å². The molecule has 0 aromatic heterocycles. The van der Waals surface area contributed by atoms with E-state index in [1.165, 1.54) is 18.2 Å². The van der Waals surface area contributed by atoms with Gasteiger partial charge in [-0.2, -0.15) is 13.2 Å². The molecule has 7 heteroatoms. The Hall–Kier alpha value is -2.54. The third-order valence-corrected chi connectivity index (χ3v) is 3.79. The summed E-state index contributed by atoms with van der Waals surface area (Å²) in [7, 11) is 1.58. The van der Waals surface area contributed by atoms with Gasteiger partial charge in [-0.15, -0.1) is 0 Å². The molecule has 0 aliphatic carbocycles. The van der Waals surface area contributed by atoms with Crippen LogP contribution >= 0.6 is 0 Å². The number of amides is 1. The monoisotopic (exact) mass is 366 g/mol. The molecule has 2 rings (SSSR count). The van der Waals surface area contributed by atoms with Gasteiger partial charge in [0.1, 0.15) is 5.75 Å². The van der Waals surface area contributed by atoms with Crippen molar-refractivity contribution in [1.29, 1.82) is 0 Å². The molecule has 140 valence electrons. The molecule has 2 N–H and O–H groups in total. The van der Waals surface area contributed by atoms with Gasteiger partial charge in [0.25, 0.3) is 0 Å². The Morgan fingerprint density at radius 1 is 1.15 bits per heavy atom. The van der Waals surface area contributed by atoms with E-state index < -0.39 is 17.6 Å². The molecule has 0 aliphatic rings. The molecule has 0 aliphatic heterocycles. The highest BCUT2D eigenvalue weighted by atomic mass is 19.4. The van der Waals surface area contributed by atoms with E-state index in [9.17, 15) is 18.0 Å². The number of benzene rings is 2. The van der Waals surface area contributed by atoms with Crippen LogP contribution in [0.3, 0.4) is 0 Å². The second kappa shape index (κ2) is 8.71. The summed E-state index contributed by atoms with van der Waals surface area (Å²) in [6.07, 6.45) is -4.46. The summed E-state index contributed by atoms with van der Waals surface area (Å²) in [5, 5.41) is 5.52. The van der Waals surface area contributed by atoms with Crippen molar-refractivity contribution in [3.8, 4) is 5.75 Å². The van der Waals surface area contributed by atoms with Crippen LogP contribution in [0.4, 0.5) is 18.9 Å². The van der Waals surface area contributed by atoms with Crippen molar-refractivity contribution in [2.75, 3.05) is 12.4 Å². The van der Waals surface area contributed by atoms with E-state index in [1.54, 1.807) is 14.0 Å². The van der Waals surface area contributed by atoms with Crippen LogP contribution in [0.1, 0.15) is 24.5 Å². The SMILES string of the molecule is COc1cccc(CNC(C)CC(=O)Nc2ccccc2C(F)(F)F)c1. The average Bonchev–Trinajstić information content (AvgIpc) is 2.59. The summed E-state index contributed by atoms with van der Waals surface area (Å²) in [5.74, 6) is 0.255. The van der Waals surface area contributed by atoms with Crippen molar-refractivity contribution in [3.05, 3.63) is 59.7 Å². The number of halogens is 3. The Morgan fingerprint density at radius 2 is 1.88 bits per heavy atom. The molecule has 4 nitrogen and oxygen atoms in total. The number of carbonyl (C=O) groups is 1. The Labute approximate surface area is 150 Å². The van der Waals surface area contributed by atoms with Gasteiger partial charge < -0.3 is 15.4 Å². The average molecular weight is 366 g/mol. The summed E-state index contributed by atoms with van der Waals surface area (Å²) in [6.45, 7) is 2.32. The molecule has 0 fully saturated rings. The van der Waals surface area contributed by atoms with Crippen LogP contribution < -0.4 is 15.4 Å². The first kappa shape index (κ1) is 19.8. The van der Waals surface area contributed by atoms with Crippen molar-refractivity contribution < 1.29 is 22.7 Å². The molecule has 1 amide bonds. The van der Waals surface area contributed by atoms with Crippen LogP contribution in [0.15, 0.2) is 48.5 Å². The maximum absolute atomic E-state index is 13.0. The Kier molecular flexibility index (Phi) is 6.63. The Morgan fingerprint density at radius 3 is 2.58 bits per heavy atom. The number of alkyl halides is 3. The molecule has 26 heavy (non-hydrogen) atoms. The first-order valence-electron chi connectivity index (χ1n) is 8.12. The van der Waals surface area contributed by atoms with Gasteiger partial charge in [-0.3, -0.25) is 4.79 Å². The minimum absolute atomic E-state index is 0.0517. The van der Waals surface area contributed by atoms with Crippen LogP contribution in [0, 0.1) is 0 Å². The van der Waals surface area contributed by atoms with E-state index in [1.807, 2.05) is 24.3 Å². The van der Waals surface area contributed by atoms with E-state index in [0.717, 1.165) is 17.4 Å². The number of nitrogens with one attached hydrogen (secondary N) is 2. The highest BCUT2D eigenvalue weighted by molar-refractivity contribution is 5.92. The van der Waals surface area contributed by atoms with Gasteiger partial charge in [-0.1, -0.05) is 24.3 Å². The Bertz CT molecular complexity index is 748. The van der Waals surface area contributed by atoms with E-state index in [2.05, 4.69) is 10.6 Å². The predicted molar refractivity (Wildman–Crippen MR) is 94.0 cm³/mol. The zero-order valence-corrected chi connectivity index (χ0v) is 14.6. The number of anilines is 1. The van der Waals surface area contributed by atoms with E-state index in [0.29, 0.717) is 6.54 Å². The van der Waals surface area contributed by atoms with Crippen LogP contribution in [0.25, 0.3) is 0 Å². The van der Waals surface area contributed by atoms with Gasteiger partial charge in [0.2, 0.25) is 5.91 Å². The number of hydrogen-bond donors (Lipinski definition) is 2.